The van der Waals surface area contributed by atoms with Gasteiger partial charge in [-0.1, -0.05) is 36.4 Å². The number of para-hydroxylation sites is 1. The van der Waals surface area contributed by atoms with E-state index in [-0.39, 0.29) is 5.97 Å². The number of anilines is 1. The molecule has 0 saturated carbocycles. The molecule has 2 aromatic rings. The molecule has 0 bridgehead atoms. The normalized spacial score (nSPS) is 10.1. The lowest BCUT2D eigenvalue weighted by atomic mass is 10.0. The highest BCUT2D eigenvalue weighted by Crippen LogP contribution is 2.19. The molecule has 0 fully saturated rings. The predicted molar refractivity (Wildman–Crippen MR) is 88.6 cm³/mol. The van der Waals surface area contributed by atoms with Crippen molar-refractivity contribution in [1.82, 2.24) is 0 Å². The number of hydrogen-bond acceptors (Lipinski definition) is 3. The molecule has 0 heterocycles. The molecule has 0 spiro atoms. The summed E-state index contributed by atoms with van der Waals surface area (Å²) in [6, 6.07) is 16.0. The quantitative estimate of drug-likeness (QED) is 0.635. The molecular formula is C16H16INO2. The van der Waals surface area contributed by atoms with Crippen LogP contribution in [0.3, 0.4) is 0 Å². The van der Waals surface area contributed by atoms with Gasteiger partial charge in [-0.2, -0.15) is 0 Å². The van der Waals surface area contributed by atoms with Gasteiger partial charge in [0.2, 0.25) is 0 Å². The monoisotopic (exact) mass is 381 g/mol. The van der Waals surface area contributed by atoms with Crippen molar-refractivity contribution in [2.45, 2.75) is 13.0 Å². The number of hydrogen-bond donors (Lipinski definition) is 1. The molecular weight excluding hydrogens is 365 g/mol. The largest absolute Gasteiger partial charge is 0.469 e. The van der Waals surface area contributed by atoms with Crippen LogP contribution in [0.25, 0.3) is 0 Å². The van der Waals surface area contributed by atoms with Crippen LogP contribution in [0, 0.1) is 3.57 Å². The van der Waals surface area contributed by atoms with Gasteiger partial charge in [0.05, 0.1) is 13.5 Å². The molecule has 0 aliphatic heterocycles. The summed E-state index contributed by atoms with van der Waals surface area (Å²) in [4.78, 5) is 11.4. The van der Waals surface area contributed by atoms with Gasteiger partial charge in [-0.15, -0.1) is 0 Å². The van der Waals surface area contributed by atoms with E-state index in [9.17, 15) is 4.79 Å². The number of carbonyl (C=O) groups excluding carboxylic acids is 1. The fourth-order valence-electron chi connectivity index (χ4n) is 1.93. The molecule has 2 aromatic carbocycles. The molecule has 3 nitrogen and oxygen atoms in total. The zero-order valence-electron chi connectivity index (χ0n) is 11.2. The molecule has 20 heavy (non-hydrogen) atoms. The van der Waals surface area contributed by atoms with Gasteiger partial charge in [0.15, 0.2) is 0 Å². The van der Waals surface area contributed by atoms with E-state index in [1.54, 1.807) is 0 Å². The Hall–Kier alpha value is -1.56. The first-order valence-corrected chi connectivity index (χ1v) is 7.40. The summed E-state index contributed by atoms with van der Waals surface area (Å²) in [5.74, 6) is -0.216. The summed E-state index contributed by atoms with van der Waals surface area (Å²) in [7, 11) is 1.41. The number of methoxy groups -OCH3 is 1. The van der Waals surface area contributed by atoms with Crippen molar-refractivity contribution in [2.75, 3.05) is 12.4 Å². The minimum atomic E-state index is -0.216. The molecule has 0 saturated heterocycles. The minimum Gasteiger partial charge on any atom is -0.469 e. The Morgan fingerprint density at radius 2 is 1.75 bits per heavy atom. The summed E-state index contributed by atoms with van der Waals surface area (Å²) >= 11 is 2.30. The summed E-state index contributed by atoms with van der Waals surface area (Å²) in [5.41, 5.74) is 3.20. The van der Waals surface area contributed by atoms with Gasteiger partial charge in [0.1, 0.15) is 0 Å². The van der Waals surface area contributed by atoms with E-state index >= 15 is 0 Å². The molecule has 0 unspecified atom stereocenters. The number of nitrogens with one attached hydrogen (secondary N) is 1. The predicted octanol–water partition coefficient (Wildman–Crippen LogP) is 3.62. The fraction of sp³-hybridized carbons (Fsp3) is 0.188. The molecule has 1 N–H and O–H groups in total. The summed E-state index contributed by atoms with van der Waals surface area (Å²) in [5, 5.41) is 3.40. The van der Waals surface area contributed by atoms with E-state index in [0.717, 1.165) is 16.8 Å². The lowest BCUT2D eigenvalue weighted by Crippen LogP contribution is -2.09. The molecule has 0 aromatic heterocycles. The number of benzene rings is 2. The third-order valence-corrected chi connectivity index (χ3v) is 3.96. The number of halogens is 1. The number of esters is 1. The van der Waals surface area contributed by atoms with Crippen LogP contribution >= 0.6 is 22.6 Å². The molecule has 0 aliphatic rings. The lowest BCUT2D eigenvalue weighted by molar-refractivity contribution is -0.139. The number of ether oxygens (including phenoxy) is 1. The van der Waals surface area contributed by atoms with E-state index in [2.05, 4.69) is 34.0 Å². The highest BCUT2D eigenvalue weighted by molar-refractivity contribution is 14.1. The first kappa shape index (κ1) is 14.8. The standard InChI is InChI=1S/C16H16INO2/c1-20-16(19)10-12-6-2-3-7-13(12)11-18-15-9-5-4-8-14(15)17/h2-9,18H,10-11H2,1H3. The van der Waals surface area contributed by atoms with Crippen molar-refractivity contribution in [3.8, 4) is 0 Å². The van der Waals surface area contributed by atoms with Crippen LogP contribution < -0.4 is 5.32 Å². The smallest absolute Gasteiger partial charge is 0.309 e. The van der Waals surface area contributed by atoms with Crippen LogP contribution in [0.4, 0.5) is 5.69 Å². The van der Waals surface area contributed by atoms with Crippen LogP contribution in [-0.2, 0) is 22.5 Å². The summed E-state index contributed by atoms with van der Waals surface area (Å²) in [6.07, 6.45) is 0.306. The molecule has 2 rings (SSSR count). The van der Waals surface area contributed by atoms with Gasteiger partial charge >= 0.3 is 5.97 Å². The molecule has 0 radical (unpaired) electrons. The molecule has 0 amide bonds. The van der Waals surface area contributed by atoms with Crippen molar-refractivity contribution >= 4 is 34.2 Å². The Morgan fingerprint density at radius 3 is 2.45 bits per heavy atom. The van der Waals surface area contributed by atoms with Crippen LogP contribution in [0.2, 0.25) is 0 Å². The second-order valence-corrected chi connectivity index (χ2v) is 5.52. The fourth-order valence-corrected chi connectivity index (χ4v) is 2.50. The van der Waals surface area contributed by atoms with Gasteiger partial charge in [-0.25, -0.2) is 0 Å². The Balaban J connectivity index is 2.10. The maximum Gasteiger partial charge on any atom is 0.309 e. The number of rotatable bonds is 5. The average Bonchev–Trinajstić information content (AvgIpc) is 2.47. The van der Waals surface area contributed by atoms with E-state index in [1.807, 2.05) is 42.5 Å². The number of carbonyl (C=O) groups is 1. The highest BCUT2D eigenvalue weighted by Gasteiger charge is 2.08. The van der Waals surface area contributed by atoms with Crippen LogP contribution in [0.5, 0.6) is 0 Å². The zero-order chi connectivity index (χ0) is 14.4. The van der Waals surface area contributed by atoms with Gasteiger partial charge in [-0.3, -0.25) is 4.79 Å². The molecule has 0 aliphatic carbocycles. The molecule has 104 valence electrons. The van der Waals surface area contributed by atoms with Crippen molar-refractivity contribution in [2.24, 2.45) is 0 Å². The van der Waals surface area contributed by atoms with E-state index in [4.69, 9.17) is 4.74 Å². The first-order chi connectivity index (χ1) is 9.70. The minimum absolute atomic E-state index is 0.216. The van der Waals surface area contributed by atoms with Crippen molar-refractivity contribution in [3.05, 3.63) is 63.2 Å². The third-order valence-electron chi connectivity index (χ3n) is 3.02. The Labute approximate surface area is 132 Å². The second kappa shape index (κ2) is 7.28. The van der Waals surface area contributed by atoms with Crippen molar-refractivity contribution < 1.29 is 9.53 Å². The Morgan fingerprint density at radius 1 is 1.10 bits per heavy atom. The van der Waals surface area contributed by atoms with Crippen LogP contribution in [0.15, 0.2) is 48.5 Å². The van der Waals surface area contributed by atoms with Gasteiger partial charge in [0, 0.05) is 15.8 Å². The highest BCUT2D eigenvalue weighted by atomic mass is 127. The average molecular weight is 381 g/mol. The molecule has 0 atom stereocenters. The maximum atomic E-state index is 11.4. The maximum absolute atomic E-state index is 11.4. The van der Waals surface area contributed by atoms with Gasteiger partial charge in [0.25, 0.3) is 0 Å². The summed E-state index contributed by atoms with van der Waals surface area (Å²) < 4.78 is 5.91. The van der Waals surface area contributed by atoms with Gasteiger partial charge < -0.3 is 10.1 Å². The van der Waals surface area contributed by atoms with Gasteiger partial charge in [-0.05, 0) is 45.9 Å². The molecule has 4 heteroatoms. The van der Waals surface area contributed by atoms with E-state index < -0.39 is 0 Å². The van der Waals surface area contributed by atoms with Crippen molar-refractivity contribution in [1.29, 1.82) is 0 Å². The van der Waals surface area contributed by atoms with E-state index in [0.29, 0.717) is 13.0 Å². The van der Waals surface area contributed by atoms with Crippen molar-refractivity contribution in [3.63, 3.8) is 0 Å². The first-order valence-electron chi connectivity index (χ1n) is 6.32. The Kier molecular flexibility index (Phi) is 5.40. The van der Waals surface area contributed by atoms with Crippen LogP contribution in [-0.4, -0.2) is 13.1 Å². The van der Waals surface area contributed by atoms with E-state index in [1.165, 1.54) is 10.7 Å². The second-order valence-electron chi connectivity index (χ2n) is 4.36. The van der Waals surface area contributed by atoms with Crippen LogP contribution in [0.1, 0.15) is 11.1 Å². The SMILES string of the molecule is COC(=O)Cc1ccccc1CNc1ccccc1I. The third kappa shape index (κ3) is 3.96. The topological polar surface area (TPSA) is 38.3 Å². The Bertz CT molecular complexity index is 599. The lowest BCUT2D eigenvalue weighted by Gasteiger charge is -2.12. The summed E-state index contributed by atoms with van der Waals surface area (Å²) in [6.45, 7) is 0.688. The zero-order valence-corrected chi connectivity index (χ0v) is 13.4.